The summed E-state index contributed by atoms with van der Waals surface area (Å²) in [6.45, 7) is 8.10. The number of esters is 1. The summed E-state index contributed by atoms with van der Waals surface area (Å²) in [5.74, 6) is 1.63. The molecule has 1 aromatic heterocycles. The molecule has 1 aromatic carbocycles. The van der Waals surface area contributed by atoms with Crippen LogP contribution in [-0.2, 0) is 9.53 Å². The van der Waals surface area contributed by atoms with E-state index in [0.29, 0.717) is 41.8 Å². The minimum absolute atomic E-state index is 0.126. The van der Waals surface area contributed by atoms with E-state index in [1.165, 1.54) is 0 Å². The molecule has 28 heavy (non-hydrogen) atoms. The summed E-state index contributed by atoms with van der Waals surface area (Å²) >= 11 is 0. The zero-order valence-electron chi connectivity index (χ0n) is 16.5. The number of benzene rings is 1. The summed E-state index contributed by atoms with van der Waals surface area (Å²) in [6.07, 6.45) is 0. The summed E-state index contributed by atoms with van der Waals surface area (Å²) in [5.41, 5.74) is 1.23. The molecule has 0 radical (unpaired) electrons. The molecule has 7 heteroatoms. The first-order valence-corrected chi connectivity index (χ1v) is 9.28. The maximum absolute atomic E-state index is 12.4. The van der Waals surface area contributed by atoms with Crippen LogP contribution in [0, 0.1) is 19.8 Å². The molecule has 3 rings (SSSR count). The van der Waals surface area contributed by atoms with Gasteiger partial charge in [-0.25, -0.2) is 4.79 Å². The number of hydrogen-bond donors (Lipinski definition) is 1. The zero-order valence-corrected chi connectivity index (χ0v) is 16.5. The van der Waals surface area contributed by atoms with Gasteiger partial charge in [-0.3, -0.25) is 4.79 Å². The molecule has 0 fully saturated rings. The smallest absolute Gasteiger partial charge is 0.342 e. The Morgan fingerprint density at radius 1 is 1.11 bits per heavy atom. The molecule has 1 aliphatic heterocycles. The number of amides is 1. The molecule has 0 saturated carbocycles. The summed E-state index contributed by atoms with van der Waals surface area (Å²) in [5, 5.41) is 2.93. The number of carbonyl (C=O) groups excluding carboxylic acids is 2. The fourth-order valence-electron chi connectivity index (χ4n) is 3.15. The monoisotopic (exact) mass is 387 g/mol. The third-order valence-corrected chi connectivity index (χ3v) is 4.50. The van der Waals surface area contributed by atoms with E-state index in [0.717, 1.165) is 5.56 Å². The number of carbonyl (C=O) groups is 2. The van der Waals surface area contributed by atoms with Crippen LogP contribution in [0.3, 0.4) is 0 Å². The van der Waals surface area contributed by atoms with Gasteiger partial charge in [0.05, 0.1) is 6.04 Å². The van der Waals surface area contributed by atoms with Crippen molar-refractivity contribution in [3.05, 3.63) is 46.9 Å². The fraction of sp³-hybridized carbons (Fsp3) is 0.429. The van der Waals surface area contributed by atoms with Crippen molar-refractivity contribution in [2.75, 3.05) is 19.8 Å². The van der Waals surface area contributed by atoms with E-state index in [1.807, 2.05) is 32.0 Å². The third kappa shape index (κ3) is 4.47. The second-order valence-corrected chi connectivity index (χ2v) is 7.10. The summed E-state index contributed by atoms with van der Waals surface area (Å²) in [7, 11) is 0. The average Bonchev–Trinajstić information content (AvgIpc) is 3.01. The summed E-state index contributed by atoms with van der Waals surface area (Å²) in [6, 6.07) is 6.97. The topological polar surface area (TPSA) is 87.0 Å². The van der Waals surface area contributed by atoms with Gasteiger partial charge in [-0.05, 0) is 43.5 Å². The van der Waals surface area contributed by atoms with Crippen LogP contribution in [-0.4, -0.2) is 31.7 Å². The third-order valence-electron chi connectivity index (χ3n) is 4.50. The van der Waals surface area contributed by atoms with Crippen molar-refractivity contribution >= 4 is 11.9 Å². The standard InChI is InChI=1S/C21H25NO6/c1-12(2)20(15-5-6-17-18(10-15)26-8-7-25-17)22-19(23)11-27-21(24)16-9-13(3)28-14(16)4/h5-6,9-10,12,20H,7-8,11H2,1-4H3,(H,22,23)/t20-/m1/s1. The molecule has 150 valence electrons. The van der Waals surface area contributed by atoms with Crippen LogP contribution in [0.4, 0.5) is 0 Å². The maximum atomic E-state index is 12.4. The van der Waals surface area contributed by atoms with Gasteiger partial charge in [0.2, 0.25) is 0 Å². The summed E-state index contributed by atoms with van der Waals surface area (Å²) < 4.78 is 21.6. The lowest BCUT2D eigenvalue weighted by molar-refractivity contribution is -0.125. The highest BCUT2D eigenvalue weighted by Crippen LogP contribution is 2.34. The second kappa shape index (κ2) is 8.37. The molecular formula is C21H25NO6. The molecule has 0 bridgehead atoms. The number of aryl methyl sites for hydroxylation is 2. The van der Waals surface area contributed by atoms with Gasteiger partial charge in [-0.2, -0.15) is 0 Å². The molecule has 7 nitrogen and oxygen atoms in total. The highest BCUT2D eigenvalue weighted by atomic mass is 16.6. The van der Waals surface area contributed by atoms with Crippen LogP contribution in [0.15, 0.2) is 28.7 Å². The van der Waals surface area contributed by atoms with Crippen LogP contribution < -0.4 is 14.8 Å². The Labute approximate surface area is 164 Å². The predicted octanol–water partition coefficient (Wildman–Crippen LogP) is 3.34. The molecular weight excluding hydrogens is 362 g/mol. The largest absolute Gasteiger partial charge is 0.486 e. The van der Waals surface area contributed by atoms with Gasteiger partial charge in [0.1, 0.15) is 30.3 Å². The Morgan fingerprint density at radius 3 is 2.46 bits per heavy atom. The lowest BCUT2D eigenvalue weighted by Gasteiger charge is -2.25. The molecule has 0 saturated heterocycles. The first-order valence-electron chi connectivity index (χ1n) is 9.28. The lowest BCUT2D eigenvalue weighted by Crippen LogP contribution is -2.35. The average molecular weight is 387 g/mol. The number of ether oxygens (including phenoxy) is 3. The van der Waals surface area contributed by atoms with E-state index in [-0.39, 0.29) is 24.5 Å². The van der Waals surface area contributed by atoms with E-state index < -0.39 is 5.97 Å². The van der Waals surface area contributed by atoms with Crippen LogP contribution in [0.2, 0.25) is 0 Å². The minimum atomic E-state index is -0.579. The van der Waals surface area contributed by atoms with Crippen LogP contribution in [0.5, 0.6) is 11.5 Å². The Hall–Kier alpha value is -2.96. The molecule has 0 unspecified atom stereocenters. The van der Waals surface area contributed by atoms with E-state index in [2.05, 4.69) is 5.32 Å². The van der Waals surface area contributed by atoms with Gasteiger partial charge in [-0.15, -0.1) is 0 Å². The second-order valence-electron chi connectivity index (χ2n) is 7.10. The van der Waals surface area contributed by atoms with Crippen molar-refractivity contribution in [1.29, 1.82) is 0 Å². The Kier molecular flexibility index (Phi) is 5.92. The molecule has 0 aliphatic carbocycles. The minimum Gasteiger partial charge on any atom is -0.486 e. The molecule has 0 spiro atoms. The molecule has 1 N–H and O–H groups in total. The molecule has 1 amide bonds. The number of rotatable bonds is 6. The number of nitrogens with one attached hydrogen (secondary N) is 1. The van der Waals surface area contributed by atoms with Gasteiger partial charge in [0.25, 0.3) is 5.91 Å². The number of fused-ring (bicyclic) bond motifs is 1. The number of hydrogen-bond acceptors (Lipinski definition) is 6. The van der Waals surface area contributed by atoms with Crippen molar-refractivity contribution in [2.24, 2.45) is 5.92 Å². The fourth-order valence-corrected chi connectivity index (χ4v) is 3.15. The van der Waals surface area contributed by atoms with Crippen LogP contribution in [0.25, 0.3) is 0 Å². The van der Waals surface area contributed by atoms with E-state index in [4.69, 9.17) is 18.6 Å². The Morgan fingerprint density at radius 2 is 1.82 bits per heavy atom. The summed E-state index contributed by atoms with van der Waals surface area (Å²) in [4.78, 5) is 24.5. The van der Waals surface area contributed by atoms with Crippen LogP contribution in [0.1, 0.15) is 47.3 Å². The van der Waals surface area contributed by atoms with Gasteiger partial charge in [0, 0.05) is 0 Å². The van der Waals surface area contributed by atoms with Gasteiger partial charge < -0.3 is 23.9 Å². The van der Waals surface area contributed by atoms with Gasteiger partial charge in [-0.1, -0.05) is 19.9 Å². The normalized spacial score (nSPS) is 13.9. The molecule has 1 atom stereocenters. The highest BCUT2D eigenvalue weighted by Gasteiger charge is 2.23. The predicted molar refractivity (Wildman–Crippen MR) is 102 cm³/mol. The molecule has 1 aliphatic rings. The Balaban J connectivity index is 1.63. The van der Waals surface area contributed by atoms with Crippen molar-refractivity contribution in [1.82, 2.24) is 5.32 Å². The van der Waals surface area contributed by atoms with Crippen molar-refractivity contribution in [3.8, 4) is 11.5 Å². The number of furan rings is 1. The SMILES string of the molecule is Cc1cc(C(=O)OCC(=O)N[C@@H](c2ccc3c(c2)OCCO3)C(C)C)c(C)o1. The molecule has 2 heterocycles. The van der Waals surface area contributed by atoms with E-state index in [1.54, 1.807) is 19.9 Å². The zero-order chi connectivity index (χ0) is 20.3. The maximum Gasteiger partial charge on any atom is 0.342 e. The Bertz CT molecular complexity index is 870. The first-order chi connectivity index (χ1) is 13.3. The van der Waals surface area contributed by atoms with Gasteiger partial charge in [0.15, 0.2) is 18.1 Å². The van der Waals surface area contributed by atoms with Crippen molar-refractivity contribution in [2.45, 2.75) is 33.7 Å². The molecule has 2 aromatic rings. The first kappa shape index (κ1) is 19.8. The van der Waals surface area contributed by atoms with Crippen LogP contribution >= 0.6 is 0 Å². The van der Waals surface area contributed by atoms with Crippen molar-refractivity contribution in [3.63, 3.8) is 0 Å². The van der Waals surface area contributed by atoms with Gasteiger partial charge >= 0.3 is 5.97 Å². The van der Waals surface area contributed by atoms with Crippen molar-refractivity contribution < 1.29 is 28.2 Å². The lowest BCUT2D eigenvalue weighted by atomic mass is 9.95. The quantitative estimate of drug-likeness (QED) is 0.765. The van der Waals surface area contributed by atoms with E-state index >= 15 is 0 Å². The van der Waals surface area contributed by atoms with E-state index in [9.17, 15) is 9.59 Å². The highest BCUT2D eigenvalue weighted by molar-refractivity contribution is 5.92.